The average molecular weight is 177 g/mol. The van der Waals surface area contributed by atoms with Crippen LogP contribution in [0.3, 0.4) is 0 Å². The molecule has 2 rings (SSSR count). The van der Waals surface area contributed by atoms with Gasteiger partial charge in [0.15, 0.2) is 0 Å². The fraction of sp³-hybridized carbons (Fsp3) is 0.455. The fourth-order valence-electron chi connectivity index (χ4n) is 1.90. The summed E-state index contributed by atoms with van der Waals surface area (Å²) in [4.78, 5) is 0. The standard InChI is InChI=1S/C11H15NO/c13-12-8-10-4-1-2-7-11(10)9-5-3-6-9/h1-2,4,7,9,12-13H,3,5-6,8H2. The maximum atomic E-state index is 8.67. The van der Waals surface area contributed by atoms with E-state index in [0.29, 0.717) is 6.54 Å². The summed E-state index contributed by atoms with van der Waals surface area (Å²) in [6, 6.07) is 8.36. The lowest BCUT2D eigenvalue weighted by Gasteiger charge is -2.27. The highest BCUT2D eigenvalue weighted by atomic mass is 16.5. The molecule has 13 heavy (non-hydrogen) atoms. The van der Waals surface area contributed by atoms with Gasteiger partial charge in [0.2, 0.25) is 0 Å². The summed E-state index contributed by atoms with van der Waals surface area (Å²) >= 11 is 0. The Bertz CT molecular complexity index is 281. The number of benzene rings is 1. The monoisotopic (exact) mass is 177 g/mol. The molecule has 2 nitrogen and oxygen atoms in total. The molecule has 0 bridgehead atoms. The second-order valence-corrected chi connectivity index (χ2v) is 3.66. The van der Waals surface area contributed by atoms with Gasteiger partial charge in [-0.05, 0) is 29.9 Å². The first-order valence-electron chi connectivity index (χ1n) is 4.86. The number of hydroxylamine groups is 1. The lowest BCUT2D eigenvalue weighted by molar-refractivity contribution is 0.160. The molecular weight excluding hydrogens is 162 g/mol. The van der Waals surface area contributed by atoms with Crippen molar-refractivity contribution in [2.45, 2.75) is 31.7 Å². The van der Waals surface area contributed by atoms with Crippen LogP contribution in [0.25, 0.3) is 0 Å². The van der Waals surface area contributed by atoms with Gasteiger partial charge in [0.1, 0.15) is 0 Å². The molecule has 2 N–H and O–H groups in total. The van der Waals surface area contributed by atoms with E-state index in [9.17, 15) is 0 Å². The second kappa shape index (κ2) is 3.90. The first kappa shape index (κ1) is 8.73. The minimum Gasteiger partial charge on any atom is -0.316 e. The molecule has 0 amide bonds. The van der Waals surface area contributed by atoms with Crippen LogP contribution in [0, 0.1) is 0 Å². The maximum absolute atomic E-state index is 8.67. The van der Waals surface area contributed by atoms with Gasteiger partial charge in [-0.3, -0.25) is 0 Å². The van der Waals surface area contributed by atoms with Crippen LogP contribution in [0.15, 0.2) is 24.3 Å². The Morgan fingerprint density at radius 2 is 2.08 bits per heavy atom. The number of hydrogen-bond donors (Lipinski definition) is 2. The Kier molecular flexibility index (Phi) is 2.62. The molecule has 0 aromatic heterocycles. The summed E-state index contributed by atoms with van der Waals surface area (Å²) in [5.74, 6) is 0.740. The van der Waals surface area contributed by atoms with Crippen molar-refractivity contribution in [3.8, 4) is 0 Å². The molecule has 0 spiro atoms. The van der Waals surface area contributed by atoms with Gasteiger partial charge < -0.3 is 5.21 Å². The SMILES string of the molecule is ONCc1ccccc1C1CCC1. The van der Waals surface area contributed by atoms with Gasteiger partial charge in [0, 0.05) is 6.54 Å². The summed E-state index contributed by atoms with van der Waals surface area (Å²) in [5, 5.41) is 8.67. The predicted octanol–water partition coefficient (Wildman–Crippen LogP) is 2.43. The molecule has 1 aromatic rings. The Hall–Kier alpha value is -0.860. The third-order valence-corrected chi connectivity index (χ3v) is 2.87. The number of hydrogen-bond acceptors (Lipinski definition) is 2. The zero-order valence-electron chi connectivity index (χ0n) is 7.66. The molecule has 1 aliphatic rings. The number of rotatable bonds is 3. The molecule has 0 saturated heterocycles. The van der Waals surface area contributed by atoms with E-state index < -0.39 is 0 Å². The third kappa shape index (κ3) is 1.74. The molecule has 0 heterocycles. The summed E-state index contributed by atoms with van der Waals surface area (Å²) in [7, 11) is 0. The molecule has 1 aromatic carbocycles. The minimum absolute atomic E-state index is 0.562. The van der Waals surface area contributed by atoms with Crippen molar-refractivity contribution in [3.05, 3.63) is 35.4 Å². The zero-order chi connectivity index (χ0) is 9.10. The summed E-state index contributed by atoms with van der Waals surface area (Å²) in [6.45, 7) is 0.562. The first-order chi connectivity index (χ1) is 6.42. The highest BCUT2D eigenvalue weighted by Crippen LogP contribution is 2.37. The molecule has 1 aliphatic carbocycles. The quantitative estimate of drug-likeness (QED) is 0.695. The van der Waals surface area contributed by atoms with Crippen molar-refractivity contribution in [2.75, 3.05) is 0 Å². The van der Waals surface area contributed by atoms with E-state index in [1.54, 1.807) is 0 Å². The van der Waals surface area contributed by atoms with Crippen molar-refractivity contribution < 1.29 is 5.21 Å². The van der Waals surface area contributed by atoms with Gasteiger partial charge in [-0.15, -0.1) is 0 Å². The molecular formula is C11H15NO. The van der Waals surface area contributed by atoms with Crippen LogP contribution in [0.5, 0.6) is 0 Å². The van der Waals surface area contributed by atoms with E-state index >= 15 is 0 Å². The van der Waals surface area contributed by atoms with E-state index in [2.05, 4.69) is 23.7 Å². The Morgan fingerprint density at radius 1 is 1.31 bits per heavy atom. The van der Waals surface area contributed by atoms with Crippen LogP contribution >= 0.6 is 0 Å². The van der Waals surface area contributed by atoms with Crippen LogP contribution in [-0.2, 0) is 6.54 Å². The molecule has 0 aliphatic heterocycles. The van der Waals surface area contributed by atoms with Crippen LogP contribution in [0.1, 0.15) is 36.3 Å². The Balaban J connectivity index is 2.20. The molecule has 0 atom stereocenters. The van der Waals surface area contributed by atoms with E-state index in [-0.39, 0.29) is 0 Å². The van der Waals surface area contributed by atoms with Gasteiger partial charge in [0.05, 0.1) is 0 Å². The Labute approximate surface area is 78.5 Å². The second-order valence-electron chi connectivity index (χ2n) is 3.66. The summed E-state index contributed by atoms with van der Waals surface area (Å²) in [5.41, 5.74) is 4.87. The minimum atomic E-state index is 0.562. The van der Waals surface area contributed by atoms with Gasteiger partial charge in [-0.25, -0.2) is 5.48 Å². The van der Waals surface area contributed by atoms with Crippen molar-refractivity contribution in [2.24, 2.45) is 0 Å². The zero-order valence-corrected chi connectivity index (χ0v) is 7.66. The average Bonchev–Trinajstić information content (AvgIpc) is 2.05. The van der Waals surface area contributed by atoms with Gasteiger partial charge in [-0.1, -0.05) is 30.7 Å². The number of nitrogens with one attached hydrogen (secondary N) is 1. The molecule has 2 heteroatoms. The smallest absolute Gasteiger partial charge is 0.0460 e. The normalized spacial score (nSPS) is 17.0. The van der Waals surface area contributed by atoms with E-state index in [4.69, 9.17) is 5.21 Å². The van der Waals surface area contributed by atoms with Crippen LogP contribution < -0.4 is 5.48 Å². The highest BCUT2D eigenvalue weighted by molar-refractivity contribution is 5.31. The van der Waals surface area contributed by atoms with E-state index in [0.717, 1.165) is 5.92 Å². The third-order valence-electron chi connectivity index (χ3n) is 2.87. The lowest BCUT2D eigenvalue weighted by Crippen LogP contribution is -2.14. The van der Waals surface area contributed by atoms with E-state index in [1.807, 2.05) is 6.07 Å². The van der Waals surface area contributed by atoms with Crippen LogP contribution in [-0.4, -0.2) is 5.21 Å². The van der Waals surface area contributed by atoms with Gasteiger partial charge in [0.25, 0.3) is 0 Å². The first-order valence-corrected chi connectivity index (χ1v) is 4.86. The maximum Gasteiger partial charge on any atom is 0.0460 e. The molecule has 1 saturated carbocycles. The lowest BCUT2D eigenvalue weighted by atomic mass is 9.78. The Morgan fingerprint density at radius 3 is 2.69 bits per heavy atom. The topological polar surface area (TPSA) is 32.3 Å². The highest BCUT2D eigenvalue weighted by Gasteiger charge is 2.21. The van der Waals surface area contributed by atoms with E-state index in [1.165, 1.54) is 30.4 Å². The predicted molar refractivity (Wildman–Crippen MR) is 51.7 cm³/mol. The van der Waals surface area contributed by atoms with Crippen molar-refractivity contribution >= 4 is 0 Å². The molecule has 0 radical (unpaired) electrons. The summed E-state index contributed by atoms with van der Waals surface area (Å²) in [6.07, 6.45) is 3.97. The van der Waals surface area contributed by atoms with Gasteiger partial charge >= 0.3 is 0 Å². The molecule has 0 unspecified atom stereocenters. The van der Waals surface area contributed by atoms with Crippen LogP contribution in [0.4, 0.5) is 0 Å². The fourth-order valence-corrected chi connectivity index (χ4v) is 1.90. The van der Waals surface area contributed by atoms with Crippen molar-refractivity contribution in [1.29, 1.82) is 0 Å². The van der Waals surface area contributed by atoms with Crippen molar-refractivity contribution in [3.63, 3.8) is 0 Å². The largest absolute Gasteiger partial charge is 0.316 e. The molecule has 70 valence electrons. The molecule has 1 fully saturated rings. The van der Waals surface area contributed by atoms with Gasteiger partial charge in [-0.2, -0.15) is 0 Å². The summed E-state index contributed by atoms with van der Waals surface area (Å²) < 4.78 is 0. The van der Waals surface area contributed by atoms with Crippen LogP contribution in [0.2, 0.25) is 0 Å². The van der Waals surface area contributed by atoms with Crippen molar-refractivity contribution in [1.82, 2.24) is 5.48 Å².